The molecule has 178 valence electrons. The summed E-state index contributed by atoms with van der Waals surface area (Å²) >= 11 is 0. The van der Waals surface area contributed by atoms with E-state index in [1.165, 1.54) is 7.11 Å². The Morgan fingerprint density at radius 3 is 2.52 bits per heavy atom. The number of fused-ring (bicyclic) bond motifs is 1. The molecule has 2 fully saturated rings. The van der Waals surface area contributed by atoms with E-state index in [0.29, 0.717) is 25.3 Å². The fourth-order valence-electron chi connectivity index (χ4n) is 4.97. The Kier molecular flexibility index (Phi) is 6.78. The van der Waals surface area contributed by atoms with Gasteiger partial charge in [-0.05, 0) is 51.0 Å². The number of hydrazine groups is 1. The number of aromatic hydroxyl groups is 2. The van der Waals surface area contributed by atoms with E-state index < -0.39 is 6.04 Å². The standard InChI is InChI=1S/C25H33N3O5/c1-14(2)33-11-5-10-28-24(16-7-9-19(30)20(13-16)32-4)21-22(26-27-23(21)25(28)31)17-12-15(3)6-8-18(17)29/h6-9,12-14,21-24,26-27,29-30H,5,10-11H2,1-4H3. The van der Waals surface area contributed by atoms with Crippen molar-refractivity contribution in [2.45, 2.75) is 51.4 Å². The molecule has 2 saturated heterocycles. The molecule has 0 aromatic heterocycles. The predicted molar refractivity (Wildman–Crippen MR) is 124 cm³/mol. The highest BCUT2D eigenvalue weighted by molar-refractivity contribution is 5.86. The van der Waals surface area contributed by atoms with Gasteiger partial charge in [0.05, 0.1) is 25.3 Å². The molecular formula is C25H33N3O5. The second kappa shape index (κ2) is 9.59. The van der Waals surface area contributed by atoms with Crippen LogP contribution in [0.5, 0.6) is 17.2 Å². The summed E-state index contributed by atoms with van der Waals surface area (Å²) < 4.78 is 11.0. The minimum atomic E-state index is -0.439. The van der Waals surface area contributed by atoms with Crippen molar-refractivity contribution < 1.29 is 24.5 Å². The van der Waals surface area contributed by atoms with Crippen LogP contribution in [-0.4, -0.2) is 53.4 Å². The summed E-state index contributed by atoms with van der Waals surface area (Å²) in [6.45, 7) is 7.07. The van der Waals surface area contributed by atoms with Crippen molar-refractivity contribution in [2.75, 3.05) is 20.3 Å². The number of nitrogens with one attached hydrogen (secondary N) is 2. The maximum atomic E-state index is 13.5. The number of carbonyl (C=O) groups is 1. The molecule has 8 heteroatoms. The van der Waals surface area contributed by atoms with Gasteiger partial charge in [-0.3, -0.25) is 4.79 Å². The minimum Gasteiger partial charge on any atom is -0.508 e. The molecule has 1 amide bonds. The van der Waals surface area contributed by atoms with Crippen molar-refractivity contribution >= 4 is 5.91 Å². The number of aryl methyl sites for hydroxylation is 1. The number of rotatable bonds is 8. The van der Waals surface area contributed by atoms with Crippen LogP contribution in [0.2, 0.25) is 0 Å². The van der Waals surface area contributed by atoms with Crippen LogP contribution in [0.15, 0.2) is 36.4 Å². The molecular weight excluding hydrogens is 422 g/mol. The van der Waals surface area contributed by atoms with Gasteiger partial charge in [-0.1, -0.05) is 23.8 Å². The van der Waals surface area contributed by atoms with Gasteiger partial charge in [0.1, 0.15) is 11.8 Å². The maximum Gasteiger partial charge on any atom is 0.242 e. The molecule has 4 atom stereocenters. The van der Waals surface area contributed by atoms with E-state index in [4.69, 9.17) is 9.47 Å². The number of methoxy groups -OCH3 is 1. The van der Waals surface area contributed by atoms with Gasteiger partial charge >= 0.3 is 0 Å². The molecule has 8 nitrogen and oxygen atoms in total. The number of hydrogen-bond donors (Lipinski definition) is 4. The Labute approximate surface area is 194 Å². The summed E-state index contributed by atoms with van der Waals surface area (Å²) in [6.07, 6.45) is 0.846. The first-order valence-corrected chi connectivity index (χ1v) is 11.4. The van der Waals surface area contributed by atoms with E-state index in [1.54, 1.807) is 18.2 Å². The average molecular weight is 456 g/mol. The fourth-order valence-corrected chi connectivity index (χ4v) is 4.97. The topological polar surface area (TPSA) is 103 Å². The third-order valence-corrected chi connectivity index (χ3v) is 6.47. The van der Waals surface area contributed by atoms with Crippen LogP contribution < -0.4 is 15.6 Å². The number of phenols is 2. The van der Waals surface area contributed by atoms with Gasteiger partial charge in [-0.2, -0.15) is 0 Å². The molecule has 4 rings (SSSR count). The van der Waals surface area contributed by atoms with Crippen molar-refractivity contribution in [2.24, 2.45) is 5.92 Å². The van der Waals surface area contributed by atoms with E-state index in [1.807, 2.05) is 43.9 Å². The third kappa shape index (κ3) is 4.51. The number of hydrogen-bond acceptors (Lipinski definition) is 7. The van der Waals surface area contributed by atoms with Crippen LogP contribution in [0.3, 0.4) is 0 Å². The molecule has 0 spiro atoms. The Bertz CT molecular complexity index is 1010. The number of carbonyl (C=O) groups excluding carboxylic acids is 1. The quantitative estimate of drug-likeness (QED) is 0.454. The Balaban J connectivity index is 1.71. The lowest BCUT2D eigenvalue weighted by atomic mass is 9.82. The van der Waals surface area contributed by atoms with Gasteiger partial charge in [-0.25, -0.2) is 10.9 Å². The molecule has 0 bridgehead atoms. The molecule has 2 aromatic carbocycles. The normalized spacial score (nSPS) is 24.5. The summed E-state index contributed by atoms with van der Waals surface area (Å²) in [5.41, 5.74) is 9.09. The van der Waals surface area contributed by atoms with Gasteiger partial charge in [0, 0.05) is 24.6 Å². The monoisotopic (exact) mass is 455 g/mol. The zero-order valence-corrected chi connectivity index (χ0v) is 19.5. The number of likely N-dealkylation sites (tertiary alicyclic amines) is 1. The van der Waals surface area contributed by atoms with Crippen LogP contribution in [0.25, 0.3) is 0 Å². The van der Waals surface area contributed by atoms with Crippen LogP contribution in [0, 0.1) is 12.8 Å². The van der Waals surface area contributed by atoms with Crippen molar-refractivity contribution in [1.82, 2.24) is 15.8 Å². The van der Waals surface area contributed by atoms with Crippen molar-refractivity contribution in [1.29, 1.82) is 0 Å². The van der Waals surface area contributed by atoms with E-state index >= 15 is 0 Å². The van der Waals surface area contributed by atoms with Crippen molar-refractivity contribution in [3.05, 3.63) is 53.1 Å². The van der Waals surface area contributed by atoms with E-state index in [-0.39, 0.29) is 41.5 Å². The Morgan fingerprint density at radius 2 is 1.79 bits per heavy atom. The van der Waals surface area contributed by atoms with Gasteiger partial charge in [-0.15, -0.1) is 0 Å². The van der Waals surface area contributed by atoms with Crippen LogP contribution in [-0.2, 0) is 9.53 Å². The highest BCUT2D eigenvalue weighted by atomic mass is 16.5. The Morgan fingerprint density at radius 1 is 1.06 bits per heavy atom. The fraction of sp³-hybridized carbons (Fsp3) is 0.480. The first-order chi connectivity index (χ1) is 15.8. The molecule has 2 aliphatic heterocycles. The number of benzene rings is 2. The van der Waals surface area contributed by atoms with Gasteiger partial charge < -0.3 is 24.6 Å². The van der Waals surface area contributed by atoms with Crippen LogP contribution in [0.1, 0.15) is 49.0 Å². The number of phenolic OH excluding ortho intramolecular Hbond substituents is 2. The molecule has 2 aromatic rings. The number of nitrogens with zero attached hydrogens (tertiary/aromatic N) is 1. The van der Waals surface area contributed by atoms with E-state index in [2.05, 4.69) is 10.9 Å². The molecule has 2 aliphatic rings. The highest BCUT2D eigenvalue weighted by Crippen LogP contribution is 2.49. The lowest BCUT2D eigenvalue weighted by Crippen LogP contribution is -2.41. The van der Waals surface area contributed by atoms with Crippen molar-refractivity contribution in [3.8, 4) is 17.2 Å². The third-order valence-electron chi connectivity index (χ3n) is 6.47. The van der Waals surface area contributed by atoms with Gasteiger partial charge in [0.25, 0.3) is 0 Å². The average Bonchev–Trinajstić information content (AvgIpc) is 3.32. The summed E-state index contributed by atoms with van der Waals surface area (Å²) in [4.78, 5) is 15.4. The lowest BCUT2D eigenvalue weighted by molar-refractivity contribution is -0.131. The number of ether oxygens (including phenoxy) is 2. The largest absolute Gasteiger partial charge is 0.508 e. The first-order valence-electron chi connectivity index (χ1n) is 11.4. The summed E-state index contributed by atoms with van der Waals surface area (Å²) in [7, 11) is 1.51. The minimum absolute atomic E-state index is 0.00346. The molecule has 4 unspecified atom stereocenters. The van der Waals surface area contributed by atoms with Crippen molar-refractivity contribution in [3.63, 3.8) is 0 Å². The highest BCUT2D eigenvalue weighted by Gasteiger charge is 2.55. The summed E-state index contributed by atoms with van der Waals surface area (Å²) in [5.74, 6) is 0.433. The first kappa shape index (κ1) is 23.4. The van der Waals surface area contributed by atoms with Crippen LogP contribution in [0.4, 0.5) is 0 Å². The molecule has 0 radical (unpaired) electrons. The molecule has 4 N–H and O–H groups in total. The summed E-state index contributed by atoms with van der Waals surface area (Å²) in [5, 5.41) is 20.7. The SMILES string of the molecule is COc1cc(C2C3C(NNC3c3cc(C)ccc3O)C(=O)N2CCCOC(C)C)ccc1O. The molecule has 0 aliphatic carbocycles. The number of amides is 1. The predicted octanol–water partition coefficient (Wildman–Crippen LogP) is 2.95. The molecule has 0 saturated carbocycles. The van der Waals surface area contributed by atoms with Gasteiger partial charge in [0.15, 0.2) is 11.5 Å². The molecule has 2 heterocycles. The van der Waals surface area contributed by atoms with Crippen LogP contribution >= 0.6 is 0 Å². The maximum absolute atomic E-state index is 13.5. The second-order valence-electron chi connectivity index (χ2n) is 9.06. The molecule has 33 heavy (non-hydrogen) atoms. The zero-order valence-electron chi connectivity index (χ0n) is 19.5. The second-order valence-corrected chi connectivity index (χ2v) is 9.06. The summed E-state index contributed by atoms with van der Waals surface area (Å²) in [6, 6.07) is 9.74. The zero-order chi connectivity index (χ0) is 23.7. The smallest absolute Gasteiger partial charge is 0.242 e. The van der Waals surface area contributed by atoms with E-state index in [0.717, 1.165) is 16.7 Å². The Hall–Kier alpha value is -2.81. The lowest BCUT2D eigenvalue weighted by Gasteiger charge is -2.32. The van der Waals surface area contributed by atoms with Gasteiger partial charge in [0.2, 0.25) is 5.91 Å². The van der Waals surface area contributed by atoms with E-state index in [9.17, 15) is 15.0 Å².